The summed E-state index contributed by atoms with van der Waals surface area (Å²) < 4.78 is 0. The Balaban J connectivity index is 1.94. The van der Waals surface area contributed by atoms with Crippen LogP contribution in [0.1, 0.15) is 24.0 Å². The number of likely N-dealkylation sites (tertiary alicyclic amines) is 1. The molecule has 5 heteroatoms. The zero-order valence-electron chi connectivity index (χ0n) is 11.4. The van der Waals surface area contributed by atoms with Crippen LogP contribution < -0.4 is 5.73 Å². The maximum atomic E-state index is 12.3. The lowest BCUT2D eigenvalue weighted by molar-refractivity contribution is -0.138. The summed E-state index contributed by atoms with van der Waals surface area (Å²) in [7, 11) is 0. The van der Waals surface area contributed by atoms with Crippen molar-refractivity contribution in [2.24, 2.45) is 11.7 Å². The first-order valence-corrected chi connectivity index (χ1v) is 6.86. The molecule has 20 heavy (non-hydrogen) atoms. The van der Waals surface area contributed by atoms with Crippen LogP contribution in [0.3, 0.4) is 0 Å². The van der Waals surface area contributed by atoms with Crippen molar-refractivity contribution in [2.45, 2.75) is 25.8 Å². The molecule has 1 aromatic rings. The molecule has 0 radical (unpaired) electrons. The van der Waals surface area contributed by atoms with Crippen LogP contribution in [-0.2, 0) is 22.6 Å². The molecule has 1 aliphatic heterocycles. The fraction of sp³-hybridized carbons (Fsp3) is 0.467. The number of carboxylic acids is 1. The summed E-state index contributed by atoms with van der Waals surface area (Å²) in [5, 5.41) is 8.78. The number of carbonyl (C=O) groups excluding carboxylic acids is 1. The van der Waals surface area contributed by atoms with Gasteiger partial charge in [0, 0.05) is 26.1 Å². The first-order chi connectivity index (χ1) is 9.60. The predicted octanol–water partition coefficient (Wildman–Crippen LogP) is 1.01. The zero-order chi connectivity index (χ0) is 14.5. The number of benzene rings is 1. The molecule has 108 valence electrons. The number of carboxylic acid groups (broad SMARTS) is 1. The Labute approximate surface area is 118 Å². The van der Waals surface area contributed by atoms with E-state index in [9.17, 15) is 9.59 Å². The number of amides is 1. The molecule has 1 fully saturated rings. The van der Waals surface area contributed by atoms with E-state index in [0.717, 1.165) is 17.5 Å². The number of nitrogens with zero attached hydrogens (tertiary/aromatic N) is 1. The van der Waals surface area contributed by atoms with Crippen LogP contribution in [0.15, 0.2) is 24.3 Å². The van der Waals surface area contributed by atoms with Gasteiger partial charge in [0.25, 0.3) is 0 Å². The minimum Gasteiger partial charge on any atom is -0.481 e. The Bertz CT molecular complexity index is 502. The molecule has 0 saturated carbocycles. The third-order valence-electron chi connectivity index (χ3n) is 3.78. The SMILES string of the molecule is NCc1ccccc1CC(=O)N1CCC(CC(=O)O)C1. The van der Waals surface area contributed by atoms with Crippen LogP contribution in [0.5, 0.6) is 0 Å². The molecule has 1 saturated heterocycles. The van der Waals surface area contributed by atoms with E-state index in [1.807, 2.05) is 24.3 Å². The average Bonchev–Trinajstić information content (AvgIpc) is 2.87. The molecule has 1 aliphatic rings. The summed E-state index contributed by atoms with van der Waals surface area (Å²) in [4.78, 5) is 24.7. The first-order valence-electron chi connectivity index (χ1n) is 6.86. The van der Waals surface area contributed by atoms with Gasteiger partial charge in [-0.1, -0.05) is 24.3 Å². The van der Waals surface area contributed by atoms with Crippen LogP contribution in [-0.4, -0.2) is 35.0 Å². The van der Waals surface area contributed by atoms with Crippen LogP contribution in [0.2, 0.25) is 0 Å². The molecule has 0 bridgehead atoms. The molecule has 2 rings (SSSR count). The number of aliphatic carboxylic acids is 1. The topological polar surface area (TPSA) is 83.6 Å². The van der Waals surface area contributed by atoms with Gasteiger partial charge in [0.05, 0.1) is 6.42 Å². The molecular formula is C15H20N2O3. The Morgan fingerprint density at radius 3 is 2.65 bits per heavy atom. The number of nitrogens with two attached hydrogens (primary N) is 1. The Morgan fingerprint density at radius 2 is 2.00 bits per heavy atom. The summed E-state index contributed by atoms with van der Waals surface area (Å²) in [5.74, 6) is -0.655. The van der Waals surface area contributed by atoms with E-state index < -0.39 is 5.97 Å². The van der Waals surface area contributed by atoms with Gasteiger partial charge in [-0.3, -0.25) is 9.59 Å². The van der Waals surface area contributed by atoms with Crippen molar-refractivity contribution < 1.29 is 14.7 Å². The lowest BCUT2D eigenvalue weighted by Crippen LogP contribution is -2.30. The maximum Gasteiger partial charge on any atom is 0.303 e. The summed E-state index contributed by atoms with van der Waals surface area (Å²) in [6, 6.07) is 7.67. The third-order valence-corrected chi connectivity index (χ3v) is 3.78. The zero-order valence-corrected chi connectivity index (χ0v) is 11.4. The number of carbonyl (C=O) groups is 2. The van der Waals surface area contributed by atoms with E-state index in [2.05, 4.69) is 0 Å². The number of rotatable bonds is 5. The lowest BCUT2D eigenvalue weighted by Gasteiger charge is -2.17. The normalized spacial score (nSPS) is 18.2. The van der Waals surface area contributed by atoms with Crippen molar-refractivity contribution in [2.75, 3.05) is 13.1 Å². The summed E-state index contributed by atoms with van der Waals surface area (Å²) in [5.41, 5.74) is 7.61. The molecule has 1 unspecified atom stereocenters. The van der Waals surface area contributed by atoms with Gasteiger partial charge in [-0.15, -0.1) is 0 Å². The van der Waals surface area contributed by atoms with Gasteiger partial charge in [-0.2, -0.15) is 0 Å². The van der Waals surface area contributed by atoms with Crippen LogP contribution in [0.25, 0.3) is 0 Å². The molecule has 0 spiro atoms. The van der Waals surface area contributed by atoms with E-state index in [-0.39, 0.29) is 18.2 Å². The Kier molecular flexibility index (Phi) is 4.74. The third kappa shape index (κ3) is 3.57. The van der Waals surface area contributed by atoms with Gasteiger partial charge >= 0.3 is 5.97 Å². The summed E-state index contributed by atoms with van der Waals surface area (Å²) in [6.07, 6.45) is 1.26. The molecular weight excluding hydrogens is 256 g/mol. The number of hydrogen-bond acceptors (Lipinski definition) is 3. The minimum atomic E-state index is -0.794. The Hall–Kier alpha value is -1.88. The van der Waals surface area contributed by atoms with Crippen molar-refractivity contribution >= 4 is 11.9 Å². The lowest BCUT2D eigenvalue weighted by atomic mass is 10.0. The molecule has 3 N–H and O–H groups in total. The van der Waals surface area contributed by atoms with Crippen LogP contribution in [0, 0.1) is 5.92 Å². The van der Waals surface area contributed by atoms with Crippen molar-refractivity contribution in [1.82, 2.24) is 4.90 Å². The standard InChI is InChI=1S/C15H20N2O3/c16-9-13-4-2-1-3-12(13)8-14(18)17-6-5-11(10-17)7-15(19)20/h1-4,11H,5-10,16H2,(H,19,20). The van der Waals surface area contributed by atoms with Gasteiger partial charge in [-0.05, 0) is 23.5 Å². The highest BCUT2D eigenvalue weighted by atomic mass is 16.4. The second-order valence-corrected chi connectivity index (χ2v) is 5.24. The molecule has 0 aromatic heterocycles. The smallest absolute Gasteiger partial charge is 0.303 e. The maximum absolute atomic E-state index is 12.3. The Morgan fingerprint density at radius 1 is 1.30 bits per heavy atom. The summed E-state index contributed by atoms with van der Waals surface area (Å²) in [6.45, 7) is 1.63. The van der Waals surface area contributed by atoms with E-state index in [0.29, 0.717) is 26.1 Å². The highest BCUT2D eigenvalue weighted by Crippen LogP contribution is 2.21. The van der Waals surface area contributed by atoms with Crippen molar-refractivity contribution in [3.05, 3.63) is 35.4 Å². The second kappa shape index (κ2) is 6.52. The quantitative estimate of drug-likeness (QED) is 0.840. The van der Waals surface area contributed by atoms with Gasteiger partial charge in [0.1, 0.15) is 0 Å². The summed E-state index contributed by atoms with van der Waals surface area (Å²) >= 11 is 0. The highest BCUT2D eigenvalue weighted by Gasteiger charge is 2.27. The van der Waals surface area contributed by atoms with Gasteiger partial charge < -0.3 is 15.7 Å². The predicted molar refractivity (Wildman–Crippen MR) is 75.0 cm³/mol. The second-order valence-electron chi connectivity index (χ2n) is 5.24. The van der Waals surface area contributed by atoms with Crippen LogP contribution in [0.4, 0.5) is 0 Å². The molecule has 1 aromatic carbocycles. The van der Waals surface area contributed by atoms with Gasteiger partial charge in [-0.25, -0.2) is 0 Å². The highest BCUT2D eigenvalue weighted by molar-refractivity contribution is 5.79. The fourth-order valence-corrected chi connectivity index (χ4v) is 2.68. The van der Waals surface area contributed by atoms with Crippen molar-refractivity contribution in [3.8, 4) is 0 Å². The van der Waals surface area contributed by atoms with Crippen LogP contribution >= 0.6 is 0 Å². The molecule has 1 amide bonds. The van der Waals surface area contributed by atoms with Gasteiger partial charge in [0.15, 0.2) is 0 Å². The molecule has 1 heterocycles. The number of hydrogen-bond donors (Lipinski definition) is 2. The van der Waals surface area contributed by atoms with Crippen molar-refractivity contribution in [3.63, 3.8) is 0 Å². The molecule has 5 nitrogen and oxygen atoms in total. The van der Waals surface area contributed by atoms with Crippen molar-refractivity contribution in [1.29, 1.82) is 0 Å². The van der Waals surface area contributed by atoms with E-state index in [4.69, 9.17) is 10.8 Å². The van der Waals surface area contributed by atoms with E-state index in [1.165, 1.54) is 0 Å². The molecule has 0 aliphatic carbocycles. The average molecular weight is 276 g/mol. The first kappa shape index (κ1) is 14.5. The largest absolute Gasteiger partial charge is 0.481 e. The van der Waals surface area contributed by atoms with Gasteiger partial charge in [0.2, 0.25) is 5.91 Å². The van der Waals surface area contributed by atoms with E-state index >= 15 is 0 Å². The minimum absolute atomic E-state index is 0.0544. The fourth-order valence-electron chi connectivity index (χ4n) is 2.68. The van der Waals surface area contributed by atoms with E-state index in [1.54, 1.807) is 4.90 Å². The molecule has 1 atom stereocenters. The monoisotopic (exact) mass is 276 g/mol.